The van der Waals surface area contributed by atoms with Crippen molar-refractivity contribution in [1.29, 1.82) is 0 Å². The van der Waals surface area contributed by atoms with Gasteiger partial charge in [-0.1, -0.05) is 15.9 Å². The zero-order chi connectivity index (χ0) is 14.3. The Morgan fingerprint density at radius 3 is 2.53 bits per heavy atom. The Morgan fingerprint density at radius 1 is 1.32 bits per heavy atom. The first-order chi connectivity index (χ1) is 8.99. The summed E-state index contributed by atoms with van der Waals surface area (Å²) in [5, 5.41) is 8.55. The summed E-state index contributed by atoms with van der Waals surface area (Å²) in [5.74, 6) is -0.460. The van der Waals surface area contributed by atoms with Gasteiger partial charge in [0.05, 0.1) is 6.61 Å². The molecule has 1 amide bonds. The van der Waals surface area contributed by atoms with Crippen LogP contribution in [0.3, 0.4) is 0 Å². The van der Waals surface area contributed by atoms with Crippen LogP contribution in [0, 0.1) is 0 Å². The summed E-state index contributed by atoms with van der Waals surface area (Å²) < 4.78 is 6.44. The molecule has 0 aliphatic carbocycles. The number of hydrogen-bond donors (Lipinski definition) is 1. The van der Waals surface area contributed by atoms with E-state index in [0.717, 1.165) is 10.2 Å². The SMILES string of the molecule is CN(CC(=O)O)C(=O)CCCOc1ccc(Br)cc1. The molecule has 0 unspecified atom stereocenters. The average molecular weight is 330 g/mol. The van der Waals surface area contributed by atoms with E-state index in [1.54, 1.807) is 0 Å². The lowest BCUT2D eigenvalue weighted by atomic mass is 10.3. The van der Waals surface area contributed by atoms with Crippen molar-refractivity contribution in [3.05, 3.63) is 28.7 Å². The predicted molar refractivity (Wildman–Crippen MR) is 74.1 cm³/mol. The minimum absolute atomic E-state index is 0.193. The molecule has 0 spiro atoms. The van der Waals surface area contributed by atoms with Gasteiger partial charge in [0.1, 0.15) is 12.3 Å². The van der Waals surface area contributed by atoms with Gasteiger partial charge in [0.2, 0.25) is 5.91 Å². The molecule has 0 fully saturated rings. The molecule has 0 aliphatic heterocycles. The summed E-state index contributed by atoms with van der Waals surface area (Å²) in [7, 11) is 1.48. The Kier molecular flexibility index (Phi) is 6.35. The first kappa shape index (κ1) is 15.5. The topological polar surface area (TPSA) is 66.8 Å². The second kappa shape index (κ2) is 7.78. The van der Waals surface area contributed by atoms with Gasteiger partial charge in [0.25, 0.3) is 0 Å². The van der Waals surface area contributed by atoms with Gasteiger partial charge in [-0.05, 0) is 30.7 Å². The van der Waals surface area contributed by atoms with E-state index in [2.05, 4.69) is 15.9 Å². The van der Waals surface area contributed by atoms with E-state index < -0.39 is 5.97 Å². The number of ether oxygens (including phenoxy) is 1. The Balaban J connectivity index is 2.21. The first-order valence-electron chi connectivity index (χ1n) is 5.83. The second-order valence-electron chi connectivity index (χ2n) is 4.05. The van der Waals surface area contributed by atoms with E-state index in [9.17, 15) is 9.59 Å². The van der Waals surface area contributed by atoms with Crippen molar-refractivity contribution < 1.29 is 19.4 Å². The number of amides is 1. The van der Waals surface area contributed by atoms with Crippen LogP contribution in [0.2, 0.25) is 0 Å². The highest BCUT2D eigenvalue weighted by molar-refractivity contribution is 9.10. The number of benzene rings is 1. The first-order valence-corrected chi connectivity index (χ1v) is 6.62. The fourth-order valence-corrected chi connectivity index (χ4v) is 1.69. The van der Waals surface area contributed by atoms with Gasteiger partial charge in [-0.3, -0.25) is 9.59 Å². The molecule has 6 heteroatoms. The maximum atomic E-state index is 11.5. The molecule has 0 atom stereocenters. The number of rotatable bonds is 7. The summed E-state index contributed by atoms with van der Waals surface area (Å²) in [6.07, 6.45) is 0.833. The summed E-state index contributed by atoms with van der Waals surface area (Å²) in [5.41, 5.74) is 0. The minimum Gasteiger partial charge on any atom is -0.494 e. The molecule has 0 saturated carbocycles. The third-order valence-corrected chi connectivity index (χ3v) is 2.94. The lowest BCUT2D eigenvalue weighted by molar-refractivity contribution is -0.143. The molecule has 0 bridgehead atoms. The lowest BCUT2D eigenvalue weighted by Crippen LogP contribution is -2.31. The molecule has 5 nitrogen and oxygen atoms in total. The number of aliphatic carboxylic acids is 1. The molecule has 0 aromatic heterocycles. The van der Waals surface area contributed by atoms with E-state index in [-0.39, 0.29) is 18.9 Å². The lowest BCUT2D eigenvalue weighted by Gasteiger charge is -2.14. The summed E-state index contributed by atoms with van der Waals surface area (Å²) in [6, 6.07) is 7.42. The van der Waals surface area contributed by atoms with E-state index in [1.165, 1.54) is 11.9 Å². The number of carbonyl (C=O) groups is 2. The molecule has 1 aromatic rings. The van der Waals surface area contributed by atoms with Crippen molar-refractivity contribution in [3.63, 3.8) is 0 Å². The van der Waals surface area contributed by atoms with E-state index in [4.69, 9.17) is 9.84 Å². The standard InChI is InChI=1S/C13H16BrNO4/c1-15(9-13(17)18)12(16)3-2-8-19-11-6-4-10(14)5-7-11/h4-7H,2-3,8-9H2,1H3,(H,17,18). The van der Waals surface area contributed by atoms with Gasteiger partial charge < -0.3 is 14.7 Å². The number of nitrogens with zero attached hydrogens (tertiary/aromatic N) is 1. The molecule has 0 radical (unpaired) electrons. The third-order valence-electron chi connectivity index (χ3n) is 2.42. The molecule has 1 rings (SSSR count). The number of carboxylic acid groups (broad SMARTS) is 1. The van der Waals surface area contributed by atoms with Crippen LogP contribution >= 0.6 is 15.9 Å². The number of hydrogen-bond acceptors (Lipinski definition) is 3. The normalized spacial score (nSPS) is 10.0. The average Bonchev–Trinajstić information content (AvgIpc) is 2.35. The van der Waals surface area contributed by atoms with Gasteiger partial charge in [-0.2, -0.15) is 0 Å². The van der Waals surface area contributed by atoms with Crippen LogP contribution in [0.1, 0.15) is 12.8 Å². The summed E-state index contributed by atoms with van der Waals surface area (Å²) in [6.45, 7) is 0.153. The second-order valence-corrected chi connectivity index (χ2v) is 4.97. The van der Waals surface area contributed by atoms with Crippen LogP contribution < -0.4 is 4.74 Å². The van der Waals surface area contributed by atoms with E-state index >= 15 is 0 Å². The molecule has 0 heterocycles. The number of carbonyl (C=O) groups excluding carboxylic acids is 1. The fraction of sp³-hybridized carbons (Fsp3) is 0.385. The Bertz CT molecular complexity index is 433. The van der Waals surface area contributed by atoms with Gasteiger partial charge in [-0.25, -0.2) is 0 Å². The van der Waals surface area contributed by atoms with Crippen molar-refractivity contribution in [1.82, 2.24) is 4.90 Å². The molecule has 0 saturated heterocycles. The Hall–Kier alpha value is -1.56. The third kappa shape index (κ3) is 6.24. The number of likely N-dealkylation sites (N-methyl/N-ethyl adjacent to an activating group) is 1. The van der Waals surface area contributed by atoms with E-state index in [1.807, 2.05) is 24.3 Å². The number of carboxylic acids is 1. The van der Waals surface area contributed by atoms with Crippen LogP contribution in [0.25, 0.3) is 0 Å². The molecule has 1 aromatic carbocycles. The van der Waals surface area contributed by atoms with Crippen molar-refractivity contribution >= 4 is 27.8 Å². The van der Waals surface area contributed by atoms with Crippen LogP contribution in [-0.2, 0) is 9.59 Å². The minimum atomic E-state index is -1.01. The zero-order valence-corrected chi connectivity index (χ0v) is 12.2. The predicted octanol–water partition coefficient (Wildman–Crippen LogP) is 2.15. The van der Waals surface area contributed by atoms with Crippen LogP contribution in [0.4, 0.5) is 0 Å². The highest BCUT2D eigenvalue weighted by Crippen LogP contribution is 2.16. The molecular formula is C13H16BrNO4. The van der Waals surface area contributed by atoms with Gasteiger partial charge in [0.15, 0.2) is 0 Å². The number of halogens is 1. The van der Waals surface area contributed by atoms with Gasteiger partial charge in [-0.15, -0.1) is 0 Å². The maximum absolute atomic E-state index is 11.5. The largest absolute Gasteiger partial charge is 0.494 e. The highest BCUT2D eigenvalue weighted by atomic mass is 79.9. The summed E-state index contributed by atoms with van der Waals surface area (Å²) in [4.78, 5) is 23.2. The van der Waals surface area contributed by atoms with Crippen LogP contribution in [0.15, 0.2) is 28.7 Å². The molecular weight excluding hydrogens is 314 g/mol. The maximum Gasteiger partial charge on any atom is 0.323 e. The van der Waals surface area contributed by atoms with Gasteiger partial charge >= 0.3 is 5.97 Å². The fourth-order valence-electron chi connectivity index (χ4n) is 1.43. The van der Waals surface area contributed by atoms with Crippen molar-refractivity contribution in [2.45, 2.75) is 12.8 Å². The van der Waals surface area contributed by atoms with Crippen molar-refractivity contribution in [2.24, 2.45) is 0 Å². The van der Waals surface area contributed by atoms with Crippen LogP contribution in [0.5, 0.6) is 5.75 Å². The Morgan fingerprint density at radius 2 is 1.95 bits per heavy atom. The zero-order valence-electron chi connectivity index (χ0n) is 10.6. The molecule has 0 aliphatic rings. The monoisotopic (exact) mass is 329 g/mol. The molecule has 1 N–H and O–H groups in total. The highest BCUT2D eigenvalue weighted by Gasteiger charge is 2.11. The van der Waals surface area contributed by atoms with Crippen molar-refractivity contribution in [2.75, 3.05) is 20.2 Å². The Labute approximate surface area is 120 Å². The van der Waals surface area contributed by atoms with Crippen molar-refractivity contribution in [3.8, 4) is 5.75 Å². The summed E-state index contributed by atoms with van der Waals surface area (Å²) >= 11 is 3.33. The van der Waals surface area contributed by atoms with E-state index in [0.29, 0.717) is 13.0 Å². The molecule has 19 heavy (non-hydrogen) atoms. The smallest absolute Gasteiger partial charge is 0.323 e. The molecule has 104 valence electrons. The van der Waals surface area contributed by atoms with Gasteiger partial charge in [0, 0.05) is 17.9 Å². The quantitative estimate of drug-likeness (QED) is 0.778. The van der Waals surface area contributed by atoms with Crippen LogP contribution in [-0.4, -0.2) is 42.1 Å².